The number of aliphatic hydroxyl groups excluding tert-OH is 1. The molecule has 2 nitrogen and oxygen atoms in total. The summed E-state index contributed by atoms with van der Waals surface area (Å²) in [6, 6.07) is 0.744. The third-order valence-electron chi connectivity index (χ3n) is 4.41. The molecule has 0 radical (unpaired) electrons. The molecule has 0 aromatic rings. The molecule has 2 unspecified atom stereocenters. The molecule has 0 aromatic carbocycles. The zero-order valence-electron chi connectivity index (χ0n) is 12.0. The Balaban J connectivity index is 2.48. The van der Waals surface area contributed by atoms with Crippen LogP contribution < -0.4 is 0 Å². The summed E-state index contributed by atoms with van der Waals surface area (Å²) in [5.74, 6) is 1.65. The van der Waals surface area contributed by atoms with Crippen LogP contribution in [-0.4, -0.2) is 36.2 Å². The number of nitrogens with zero attached hydrogens (tertiary/aromatic N) is 1. The summed E-state index contributed by atoms with van der Waals surface area (Å²) in [5, 5.41) is 8.86. The molecular formula is C15H31NO. The van der Waals surface area contributed by atoms with E-state index in [-0.39, 0.29) is 0 Å². The van der Waals surface area contributed by atoms with E-state index in [9.17, 15) is 0 Å². The van der Waals surface area contributed by atoms with Crippen LogP contribution in [0.4, 0.5) is 0 Å². The fraction of sp³-hybridized carbons (Fsp3) is 1.00. The Kier molecular flexibility index (Phi) is 7.14. The number of aliphatic hydroxyl groups is 1. The molecule has 0 amide bonds. The predicted molar refractivity (Wildman–Crippen MR) is 74.2 cm³/mol. The van der Waals surface area contributed by atoms with Crippen LogP contribution in [0, 0.1) is 11.8 Å². The minimum absolute atomic E-state index is 0.337. The van der Waals surface area contributed by atoms with Gasteiger partial charge in [-0.25, -0.2) is 0 Å². The molecule has 102 valence electrons. The van der Waals surface area contributed by atoms with E-state index in [2.05, 4.69) is 25.8 Å². The molecule has 0 aromatic heterocycles. The van der Waals surface area contributed by atoms with Crippen molar-refractivity contribution in [2.45, 2.75) is 64.8 Å². The van der Waals surface area contributed by atoms with Crippen LogP contribution in [0.25, 0.3) is 0 Å². The second-order valence-electron chi connectivity index (χ2n) is 5.99. The Morgan fingerprint density at radius 2 is 1.59 bits per heavy atom. The molecule has 0 aliphatic heterocycles. The molecule has 1 fully saturated rings. The molecule has 0 bridgehead atoms. The van der Waals surface area contributed by atoms with Crippen LogP contribution in [0.1, 0.15) is 58.8 Å². The predicted octanol–water partition coefficient (Wildman–Crippen LogP) is 3.30. The van der Waals surface area contributed by atoms with Gasteiger partial charge in [0.2, 0.25) is 0 Å². The van der Waals surface area contributed by atoms with Crippen molar-refractivity contribution in [3.63, 3.8) is 0 Å². The van der Waals surface area contributed by atoms with Gasteiger partial charge in [-0.15, -0.1) is 0 Å². The average molecular weight is 241 g/mol. The topological polar surface area (TPSA) is 23.5 Å². The van der Waals surface area contributed by atoms with Crippen LogP contribution in [0.5, 0.6) is 0 Å². The van der Waals surface area contributed by atoms with Crippen LogP contribution >= 0.6 is 0 Å². The summed E-state index contributed by atoms with van der Waals surface area (Å²) in [4.78, 5) is 2.55. The van der Waals surface area contributed by atoms with Crippen molar-refractivity contribution in [2.24, 2.45) is 11.8 Å². The fourth-order valence-electron chi connectivity index (χ4n) is 3.50. The van der Waals surface area contributed by atoms with Crippen molar-refractivity contribution < 1.29 is 5.11 Å². The van der Waals surface area contributed by atoms with E-state index in [1.54, 1.807) is 0 Å². The summed E-state index contributed by atoms with van der Waals surface area (Å²) in [7, 11) is 2.27. The minimum atomic E-state index is 0.337. The van der Waals surface area contributed by atoms with Crippen molar-refractivity contribution in [1.82, 2.24) is 4.90 Å². The smallest absolute Gasteiger partial charge is 0.0431 e. The van der Waals surface area contributed by atoms with Crippen LogP contribution in [-0.2, 0) is 0 Å². The molecule has 2 atom stereocenters. The number of rotatable bonds is 5. The highest BCUT2D eigenvalue weighted by atomic mass is 16.2. The van der Waals surface area contributed by atoms with Gasteiger partial charge < -0.3 is 10.0 Å². The van der Waals surface area contributed by atoms with E-state index >= 15 is 0 Å². The van der Waals surface area contributed by atoms with E-state index in [1.165, 1.54) is 32.1 Å². The van der Waals surface area contributed by atoms with Crippen molar-refractivity contribution in [2.75, 3.05) is 20.2 Å². The number of hydrogen-bond acceptors (Lipinski definition) is 2. The van der Waals surface area contributed by atoms with Crippen molar-refractivity contribution in [3.8, 4) is 0 Å². The zero-order chi connectivity index (χ0) is 12.7. The maximum atomic E-state index is 8.86. The van der Waals surface area contributed by atoms with Gasteiger partial charge in [0.25, 0.3) is 0 Å². The molecule has 1 rings (SSSR count). The van der Waals surface area contributed by atoms with Gasteiger partial charge in [0.05, 0.1) is 0 Å². The molecular weight excluding hydrogens is 210 g/mol. The van der Waals surface area contributed by atoms with Crippen molar-refractivity contribution in [1.29, 1.82) is 0 Å². The van der Waals surface area contributed by atoms with Gasteiger partial charge in [0, 0.05) is 12.6 Å². The molecule has 0 saturated heterocycles. The molecule has 2 heteroatoms. The Morgan fingerprint density at radius 3 is 2.12 bits per heavy atom. The summed E-state index contributed by atoms with van der Waals surface area (Å²) in [6.07, 6.45) is 9.10. The summed E-state index contributed by atoms with van der Waals surface area (Å²) < 4.78 is 0. The van der Waals surface area contributed by atoms with Gasteiger partial charge >= 0.3 is 0 Å². The molecule has 1 saturated carbocycles. The SMILES string of the molecule is CC1CCCCCC(C)C1N(C)CCCCO. The van der Waals surface area contributed by atoms with Gasteiger partial charge in [-0.05, 0) is 51.1 Å². The quantitative estimate of drug-likeness (QED) is 0.747. The highest BCUT2D eigenvalue weighted by molar-refractivity contribution is 4.81. The molecule has 0 heterocycles. The fourth-order valence-corrected chi connectivity index (χ4v) is 3.50. The molecule has 1 aliphatic carbocycles. The first kappa shape index (κ1) is 15.0. The highest BCUT2D eigenvalue weighted by Gasteiger charge is 2.27. The Labute approximate surface area is 107 Å². The summed E-state index contributed by atoms with van der Waals surface area (Å²) >= 11 is 0. The minimum Gasteiger partial charge on any atom is -0.396 e. The summed E-state index contributed by atoms with van der Waals surface area (Å²) in [5.41, 5.74) is 0. The molecule has 17 heavy (non-hydrogen) atoms. The lowest BCUT2D eigenvalue weighted by molar-refractivity contribution is 0.105. The summed E-state index contributed by atoms with van der Waals surface area (Å²) in [6.45, 7) is 6.33. The molecule has 1 N–H and O–H groups in total. The lowest BCUT2D eigenvalue weighted by atomic mass is 9.80. The first-order valence-electron chi connectivity index (χ1n) is 7.48. The van der Waals surface area contributed by atoms with Crippen LogP contribution in [0.3, 0.4) is 0 Å². The molecule has 1 aliphatic rings. The largest absolute Gasteiger partial charge is 0.396 e. The highest BCUT2D eigenvalue weighted by Crippen LogP contribution is 2.30. The number of unbranched alkanes of at least 4 members (excludes halogenated alkanes) is 1. The van der Waals surface area contributed by atoms with E-state index in [4.69, 9.17) is 5.11 Å². The Morgan fingerprint density at radius 1 is 1.00 bits per heavy atom. The first-order valence-corrected chi connectivity index (χ1v) is 7.48. The first-order chi connectivity index (χ1) is 8.16. The second-order valence-corrected chi connectivity index (χ2v) is 5.99. The van der Waals surface area contributed by atoms with Gasteiger partial charge in [-0.2, -0.15) is 0 Å². The van der Waals surface area contributed by atoms with E-state index < -0.39 is 0 Å². The lowest BCUT2D eigenvalue weighted by Crippen LogP contribution is -2.43. The van der Waals surface area contributed by atoms with E-state index in [0.29, 0.717) is 6.61 Å². The number of hydrogen-bond donors (Lipinski definition) is 1. The van der Waals surface area contributed by atoms with E-state index in [1.807, 2.05) is 0 Å². The van der Waals surface area contributed by atoms with Gasteiger partial charge in [0.1, 0.15) is 0 Å². The molecule has 0 spiro atoms. The lowest BCUT2D eigenvalue weighted by Gasteiger charge is -2.39. The standard InChI is InChI=1S/C15H31NO/c1-13-9-5-4-6-10-14(2)15(13)16(3)11-7-8-12-17/h13-15,17H,4-12H2,1-3H3. The monoisotopic (exact) mass is 241 g/mol. The van der Waals surface area contributed by atoms with Crippen molar-refractivity contribution >= 4 is 0 Å². The normalized spacial score (nSPS) is 31.2. The zero-order valence-corrected chi connectivity index (χ0v) is 12.0. The maximum absolute atomic E-state index is 8.86. The maximum Gasteiger partial charge on any atom is 0.0431 e. The third kappa shape index (κ3) is 4.97. The van der Waals surface area contributed by atoms with E-state index in [0.717, 1.165) is 37.3 Å². The van der Waals surface area contributed by atoms with Crippen LogP contribution in [0.2, 0.25) is 0 Å². The van der Waals surface area contributed by atoms with Crippen LogP contribution in [0.15, 0.2) is 0 Å². The second kappa shape index (κ2) is 8.10. The Bertz CT molecular complexity index is 183. The van der Waals surface area contributed by atoms with Gasteiger partial charge in [-0.1, -0.05) is 33.1 Å². The van der Waals surface area contributed by atoms with Crippen molar-refractivity contribution in [3.05, 3.63) is 0 Å². The average Bonchev–Trinajstić information content (AvgIpc) is 2.27. The van der Waals surface area contributed by atoms with Gasteiger partial charge in [-0.3, -0.25) is 0 Å². The third-order valence-corrected chi connectivity index (χ3v) is 4.41. The van der Waals surface area contributed by atoms with Gasteiger partial charge in [0.15, 0.2) is 0 Å². The Hall–Kier alpha value is -0.0800.